The maximum absolute atomic E-state index is 12.8. The second-order valence-electron chi connectivity index (χ2n) is 3.28. The molecular formula is C11H14ClFN2O. The van der Waals surface area contributed by atoms with E-state index in [2.05, 4.69) is 10.6 Å². The molecule has 0 aliphatic rings. The Hall–Kier alpha value is -1.13. The van der Waals surface area contributed by atoms with Crippen LogP contribution in [0.15, 0.2) is 18.2 Å². The minimum absolute atomic E-state index is 0.00415. The number of carbonyl (C=O) groups is 1. The van der Waals surface area contributed by atoms with Gasteiger partial charge in [-0.15, -0.1) is 0 Å². The zero-order chi connectivity index (χ0) is 12.0. The van der Waals surface area contributed by atoms with Gasteiger partial charge in [-0.3, -0.25) is 4.79 Å². The zero-order valence-electron chi connectivity index (χ0n) is 9.02. The summed E-state index contributed by atoms with van der Waals surface area (Å²) in [6.45, 7) is 3.42. The van der Waals surface area contributed by atoms with Crippen LogP contribution in [0.4, 0.5) is 10.1 Å². The number of halogens is 2. The van der Waals surface area contributed by atoms with E-state index in [1.807, 2.05) is 6.92 Å². The first-order chi connectivity index (χ1) is 7.63. The molecule has 0 saturated carbocycles. The second kappa shape index (κ2) is 6.45. The lowest BCUT2D eigenvalue weighted by Crippen LogP contribution is -2.21. The van der Waals surface area contributed by atoms with Gasteiger partial charge in [-0.25, -0.2) is 4.39 Å². The number of hydrogen-bond donors (Lipinski definition) is 2. The molecule has 2 N–H and O–H groups in total. The standard InChI is InChI=1S/C11H14ClFN2O/c1-2-14-6-5-11(16)15-8-3-4-10(13)9(12)7-8/h3-4,7,14H,2,5-6H2,1H3,(H,15,16). The van der Waals surface area contributed by atoms with E-state index in [1.165, 1.54) is 18.2 Å². The third kappa shape index (κ3) is 4.16. The van der Waals surface area contributed by atoms with Crippen molar-refractivity contribution >= 4 is 23.2 Å². The molecule has 0 aliphatic carbocycles. The summed E-state index contributed by atoms with van der Waals surface area (Å²) < 4.78 is 12.8. The van der Waals surface area contributed by atoms with Gasteiger partial charge in [0, 0.05) is 18.7 Å². The molecule has 0 radical (unpaired) electrons. The summed E-state index contributed by atoms with van der Waals surface area (Å²) in [6.07, 6.45) is 0.378. The van der Waals surface area contributed by atoms with Crippen LogP contribution in [-0.4, -0.2) is 19.0 Å². The van der Waals surface area contributed by atoms with Crippen molar-refractivity contribution in [1.82, 2.24) is 5.32 Å². The quantitative estimate of drug-likeness (QED) is 0.781. The SMILES string of the molecule is CCNCCC(=O)Nc1ccc(F)c(Cl)c1. The van der Waals surface area contributed by atoms with Gasteiger partial charge < -0.3 is 10.6 Å². The highest BCUT2D eigenvalue weighted by atomic mass is 35.5. The summed E-state index contributed by atoms with van der Waals surface area (Å²) in [5.74, 6) is -0.615. The minimum Gasteiger partial charge on any atom is -0.326 e. The van der Waals surface area contributed by atoms with E-state index in [1.54, 1.807) is 0 Å². The molecule has 0 aromatic heterocycles. The summed E-state index contributed by atoms with van der Waals surface area (Å²) >= 11 is 5.59. The van der Waals surface area contributed by atoms with Crippen molar-refractivity contribution < 1.29 is 9.18 Å². The molecule has 0 unspecified atom stereocenters. The molecule has 1 aromatic rings. The number of rotatable bonds is 5. The van der Waals surface area contributed by atoms with Crippen LogP contribution in [0.1, 0.15) is 13.3 Å². The molecule has 3 nitrogen and oxygen atoms in total. The second-order valence-corrected chi connectivity index (χ2v) is 3.69. The fourth-order valence-corrected chi connectivity index (χ4v) is 1.36. The van der Waals surface area contributed by atoms with Crippen molar-refractivity contribution in [3.8, 4) is 0 Å². The van der Waals surface area contributed by atoms with Gasteiger partial charge in [0.05, 0.1) is 5.02 Å². The van der Waals surface area contributed by atoms with Gasteiger partial charge in [0.1, 0.15) is 5.82 Å². The molecule has 1 aromatic carbocycles. The predicted octanol–water partition coefficient (Wildman–Crippen LogP) is 2.42. The fraction of sp³-hybridized carbons (Fsp3) is 0.364. The normalized spacial score (nSPS) is 10.2. The molecule has 0 heterocycles. The Kier molecular flexibility index (Phi) is 5.22. The Morgan fingerprint density at radius 2 is 2.25 bits per heavy atom. The first-order valence-electron chi connectivity index (χ1n) is 5.09. The summed E-state index contributed by atoms with van der Waals surface area (Å²) in [5, 5.41) is 5.68. The van der Waals surface area contributed by atoms with E-state index in [9.17, 15) is 9.18 Å². The number of benzene rings is 1. The molecule has 16 heavy (non-hydrogen) atoms. The van der Waals surface area contributed by atoms with Crippen molar-refractivity contribution in [3.05, 3.63) is 29.0 Å². The lowest BCUT2D eigenvalue weighted by molar-refractivity contribution is -0.116. The average molecular weight is 245 g/mol. The molecule has 1 amide bonds. The van der Waals surface area contributed by atoms with Crippen molar-refractivity contribution in [1.29, 1.82) is 0 Å². The van der Waals surface area contributed by atoms with Gasteiger partial charge in [0.2, 0.25) is 5.91 Å². The average Bonchev–Trinajstić information content (AvgIpc) is 2.24. The van der Waals surface area contributed by atoms with E-state index in [-0.39, 0.29) is 10.9 Å². The Labute approximate surface area is 99.0 Å². The third-order valence-corrected chi connectivity index (χ3v) is 2.27. The molecule has 0 spiro atoms. The monoisotopic (exact) mass is 244 g/mol. The number of carbonyl (C=O) groups excluding carboxylic acids is 1. The van der Waals surface area contributed by atoms with Crippen molar-refractivity contribution in [2.45, 2.75) is 13.3 Å². The van der Waals surface area contributed by atoms with Crippen LogP contribution in [0, 0.1) is 5.82 Å². The van der Waals surface area contributed by atoms with Crippen LogP contribution >= 0.6 is 11.6 Å². The van der Waals surface area contributed by atoms with Crippen molar-refractivity contribution in [2.75, 3.05) is 18.4 Å². The Balaban J connectivity index is 2.46. The maximum atomic E-state index is 12.8. The molecule has 0 fully saturated rings. The molecule has 88 valence electrons. The molecule has 0 saturated heterocycles. The van der Waals surface area contributed by atoms with Gasteiger partial charge >= 0.3 is 0 Å². The first-order valence-corrected chi connectivity index (χ1v) is 5.47. The van der Waals surface area contributed by atoms with Crippen LogP contribution < -0.4 is 10.6 Å². The number of hydrogen-bond acceptors (Lipinski definition) is 2. The molecule has 0 bridgehead atoms. The number of nitrogens with one attached hydrogen (secondary N) is 2. The highest BCUT2D eigenvalue weighted by molar-refractivity contribution is 6.31. The van der Waals surface area contributed by atoms with Crippen LogP contribution in [-0.2, 0) is 4.79 Å². The molecule has 0 aliphatic heterocycles. The number of anilines is 1. The Morgan fingerprint density at radius 1 is 1.50 bits per heavy atom. The van der Waals surface area contributed by atoms with Crippen molar-refractivity contribution in [3.63, 3.8) is 0 Å². The third-order valence-electron chi connectivity index (χ3n) is 1.98. The van der Waals surface area contributed by atoms with Crippen LogP contribution in [0.2, 0.25) is 5.02 Å². The van der Waals surface area contributed by atoms with Crippen LogP contribution in [0.5, 0.6) is 0 Å². The lowest BCUT2D eigenvalue weighted by atomic mass is 10.3. The predicted molar refractivity (Wildman–Crippen MR) is 63.2 cm³/mol. The molecular weight excluding hydrogens is 231 g/mol. The van der Waals surface area contributed by atoms with E-state index in [4.69, 9.17) is 11.6 Å². The van der Waals surface area contributed by atoms with Crippen LogP contribution in [0.25, 0.3) is 0 Å². The van der Waals surface area contributed by atoms with Crippen molar-refractivity contribution in [2.24, 2.45) is 0 Å². The van der Waals surface area contributed by atoms with Gasteiger partial charge in [-0.2, -0.15) is 0 Å². The van der Waals surface area contributed by atoms with E-state index < -0.39 is 5.82 Å². The van der Waals surface area contributed by atoms with E-state index >= 15 is 0 Å². The zero-order valence-corrected chi connectivity index (χ0v) is 9.77. The summed E-state index contributed by atoms with van der Waals surface area (Å²) in [6, 6.07) is 4.09. The minimum atomic E-state index is -0.493. The Morgan fingerprint density at radius 3 is 2.88 bits per heavy atom. The van der Waals surface area contributed by atoms with Gasteiger partial charge in [0.15, 0.2) is 0 Å². The fourth-order valence-electron chi connectivity index (χ4n) is 1.18. The maximum Gasteiger partial charge on any atom is 0.225 e. The van der Waals surface area contributed by atoms with E-state index in [0.717, 1.165) is 6.54 Å². The molecule has 5 heteroatoms. The van der Waals surface area contributed by atoms with E-state index in [0.29, 0.717) is 18.7 Å². The molecule has 0 atom stereocenters. The molecule has 1 rings (SSSR count). The summed E-state index contributed by atoms with van der Waals surface area (Å²) in [7, 11) is 0. The topological polar surface area (TPSA) is 41.1 Å². The van der Waals surface area contributed by atoms with Crippen LogP contribution in [0.3, 0.4) is 0 Å². The summed E-state index contributed by atoms with van der Waals surface area (Å²) in [4.78, 5) is 11.4. The highest BCUT2D eigenvalue weighted by Crippen LogP contribution is 2.19. The van der Waals surface area contributed by atoms with Gasteiger partial charge in [-0.05, 0) is 24.7 Å². The number of amides is 1. The van der Waals surface area contributed by atoms with Gasteiger partial charge in [0.25, 0.3) is 0 Å². The Bertz CT molecular complexity index is 371. The largest absolute Gasteiger partial charge is 0.326 e. The smallest absolute Gasteiger partial charge is 0.225 e. The summed E-state index contributed by atoms with van der Waals surface area (Å²) in [5.41, 5.74) is 0.507. The first kappa shape index (κ1) is 12.9. The highest BCUT2D eigenvalue weighted by Gasteiger charge is 2.04. The van der Waals surface area contributed by atoms with Gasteiger partial charge in [-0.1, -0.05) is 18.5 Å². The lowest BCUT2D eigenvalue weighted by Gasteiger charge is -2.06.